The molecule has 0 amide bonds. The van der Waals surface area contributed by atoms with E-state index in [0.29, 0.717) is 11.1 Å². The third kappa shape index (κ3) is 4.87. The van der Waals surface area contributed by atoms with Crippen molar-refractivity contribution in [2.24, 2.45) is 0 Å². The van der Waals surface area contributed by atoms with Crippen molar-refractivity contribution < 1.29 is 25.8 Å². The molecule has 0 aromatic heterocycles. The first-order valence-corrected chi connectivity index (χ1v) is 8.77. The van der Waals surface area contributed by atoms with E-state index in [4.69, 9.17) is 0 Å². The molecule has 2 rings (SSSR count). The molecule has 1 unspecified atom stereocenters. The Bertz CT molecular complexity index is 820. The van der Waals surface area contributed by atoms with Crippen LogP contribution in [0.5, 0.6) is 5.75 Å². The number of halogens is 4. The van der Waals surface area contributed by atoms with Crippen LogP contribution in [0.4, 0.5) is 13.2 Å². The fourth-order valence-electron chi connectivity index (χ4n) is 2.32. The Morgan fingerprint density at radius 3 is 2.08 bits per heavy atom. The third-order valence-electron chi connectivity index (χ3n) is 3.76. The summed E-state index contributed by atoms with van der Waals surface area (Å²) in [5.74, 6) is -0.181. The van der Waals surface area contributed by atoms with E-state index in [2.05, 4.69) is 4.18 Å². The van der Waals surface area contributed by atoms with Gasteiger partial charge in [0.1, 0.15) is 0 Å². The maximum Gasteiger partial charge on any atom is 0.534 e. The maximum absolute atomic E-state index is 12.6. The van der Waals surface area contributed by atoms with E-state index in [1.54, 1.807) is 24.3 Å². The SMILES string of the molecule is CCC(C)c1ccccc1-c1ccccc1OS(=O)(=O)C(F)(F)F.I. The first-order chi connectivity index (χ1) is 11.2. The number of benzene rings is 2. The first kappa shape index (κ1) is 21.8. The second-order valence-corrected chi connectivity index (χ2v) is 6.91. The molecule has 1 atom stereocenters. The van der Waals surface area contributed by atoms with Crippen LogP contribution in [0.15, 0.2) is 48.5 Å². The minimum Gasteiger partial charge on any atom is -0.375 e. The van der Waals surface area contributed by atoms with Gasteiger partial charge in [-0.2, -0.15) is 21.6 Å². The van der Waals surface area contributed by atoms with E-state index in [1.807, 2.05) is 26.0 Å². The zero-order valence-corrected chi connectivity index (χ0v) is 16.7. The van der Waals surface area contributed by atoms with E-state index in [9.17, 15) is 21.6 Å². The highest BCUT2D eigenvalue weighted by molar-refractivity contribution is 14.0. The number of alkyl halides is 3. The van der Waals surface area contributed by atoms with Gasteiger partial charge in [-0.25, -0.2) is 0 Å². The molecule has 0 heterocycles. The van der Waals surface area contributed by atoms with Gasteiger partial charge >= 0.3 is 15.6 Å². The molecule has 0 fully saturated rings. The highest BCUT2D eigenvalue weighted by Crippen LogP contribution is 2.38. The van der Waals surface area contributed by atoms with Crippen molar-refractivity contribution in [3.8, 4) is 16.9 Å². The second-order valence-electron chi connectivity index (χ2n) is 5.38. The lowest BCUT2D eigenvalue weighted by Gasteiger charge is -2.18. The molecule has 0 radical (unpaired) electrons. The van der Waals surface area contributed by atoms with Crippen LogP contribution in [0, 0.1) is 0 Å². The minimum atomic E-state index is -5.72. The molecular formula is C17H18F3IO3S. The molecule has 2 aromatic rings. The minimum absolute atomic E-state index is 0. The van der Waals surface area contributed by atoms with E-state index < -0.39 is 15.6 Å². The smallest absolute Gasteiger partial charge is 0.375 e. The van der Waals surface area contributed by atoms with Gasteiger partial charge in [0.15, 0.2) is 5.75 Å². The molecule has 0 aliphatic carbocycles. The van der Waals surface area contributed by atoms with Crippen molar-refractivity contribution >= 4 is 34.1 Å². The normalized spacial score (nSPS) is 13.0. The van der Waals surface area contributed by atoms with Crippen LogP contribution in [0.2, 0.25) is 0 Å². The fraction of sp³-hybridized carbons (Fsp3) is 0.294. The molecule has 138 valence electrons. The summed E-state index contributed by atoms with van der Waals surface area (Å²) >= 11 is 0. The van der Waals surface area contributed by atoms with Crippen LogP contribution < -0.4 is 4.18 Å². The lowest BCUT2D eigenvalue weighted by Crippen LogP contribution is -2.28. The second kappa shape index (κ2) is 8.39. The predicted octanol–water partition coefficient (Wildman–Crippen LogP) is 5.71. The molecule has 0 saturated heterocycles. The maximum atomic E-state index is 12.6. The van der Waals surface area contributed by atoms with Gasteiger partial charge in [-0.3, -0.25) is 0 Å². The Labute approximate surface area is 162 Å². The van der Waals surface area contributed by atoms with Crippen molar-refractivity contribution in [3.63, 3.8) is 0 Å². The van der Waals surface area contributed by atoms with Gasteiger partial charge < -0.3 is 4.18 Å². The zero-order valence-electron chi connectivity index (χ0n) is 13.6. The predicted molar refractivity (Wildman–Crippen MR) is 102 cm³/mol. The molecule has 0 saturated carbocycles. The van der Waals surface area contributed by atoms with Gasteiger partial charge in [0.05, 0.1) is 0 Å². The molecule has 2 aromatic carbocycles. The van der Waals surface area contributed by atoms with Crippen molar-refractivity contribution in [3.05, 3.63) is 54.1 Å². The Kier molecular flexibility index (Phi) is 7.30. The number of hydrogen-bond acceptors (Lipinski definition) is 3. The van der Waals surface area contributed by atoms with Crippen LogP contribution in [0.25, 0.3) is 11.1 Å². The summed E-state index contributed by atoms with van der Waals surface area (Å²) in [6, 6.07) is 13.0. The van der Waals surface area contributed by atoms with Crippen LogP contribution >= 0.6 is 24.0 Å². The molecule has 0 bridgehead atoms. The topological polar surface area (TPSA) is 43.4 Å². The summed E-state index contributed by atoms with van der Waals surface area (Å²) in [6.07, 6.45) is 0.834. The Morgan fingerprint density at radius 2 is 1.52 bits per heavy atom. The Balaban J connectivity index is 0.00000312. The van der Waals surface area contributed by atoms with E-state index >= 15 is 0 Å². The largest absolute Gasteiger partial charge is 0.534 e. The van der Waals surface area contributed by atoms with E-state index in [0.717, 1.165) is 12.0 Å². The Morgan fingerprint density at radius 1 is 1.00 bits per heavy atom. The van der Waals surface area contributed by atoms with Gasteiger partial charge in [0, 0.05) is 5.56 Å². The zero-order chi connectivity index (χ0) is 18.0. The number of hydrogen-bond donors (Lipinski definition) is 0. The average Bonchev–Trinajstić information content (AvgIpc) is 2.53. The summed E-state index contributed by atoms with van der Waals surface area (Å²) in [5.41, 5.74) is -3.60. The lowest BCUT2D eigenvalue weighted by molar-refractivity contribution is -0.0499. The van der Waals surface area contributed by atoms with Crippen molar-refractivity contribution in [1.29, 1.82) is 0 Å². The number of rotatable bonds is 5. The first-order valence-electron chi connectivity index (χ1n) is 7.36. The molecule has 0 N–H and O–H groups in total. The highest BCUT2D eigenvalue weighted by Gasteiger charge is 2.48. The molecule has 0 aliphatic heterocycles. The summed E-state index contributed by atoms with van der Waals surface area (Å²) in [7, 11) is -5.72. The monoisotopic (exact) mass is 486 g/mol. The summed E-state index contributed by atoms with van der Waals surface area (Å²) < 4.78 is 64.8. The van der Waals surface area contributed by atoms with Gasteiger partial charge in [-0.05, 0) is 29.5 Å². The van der Waals surface area contributed by atoms with Crippen molar-refractivity contribution in [2.45, 2.75) is 31.7 Å². The molecule has 8 heteroatoms. The molecule has 0 spiro atoms. The highest BCUT2D eigenvalue weighted by atomic mass is 127. The number of para-hydroxylation sites is 1. The van der Waals surface area contributed by atoms with E-state index in [-0.39, 0.29) is 35.6 Å². The van der Waals surface area contributed by atoms with Crippen molar-refractivity contribution in [1.82, 2.24) is 0 Å². The van der Waals surface area contributed by atoms with Gasteiger partial charge in [-0.1, -0.05) is 56.3 Å². The standard InChI is InChI=1S/C17H17F3O3S.HI/c1-3-12(2)13-8-4-5-9-14(13)15-10-6-7-11-16(15)23-24(21,22)17(18,19)20;/h4-12H,3H2,1-2H3;1H. The molecular weight excluding hydrogens is 468 g/mol. The van der Waals surface area contributed by atoms with Crippen molar-refractivity contribution in [2.75, 3.05) is 0 Å². The third-order valence-corrected chi connectivity index (χ3v) is 4.73. The molecule has 3 nitrogen and oxygen atoms in total. The quantitative estimate of drug-likeness (QED) is 0.309. The lowest BCUT2D eigenvalue weighted by atomic mass is 9.90. The summed E-state index contributed by atoms with van der Waals surface area (Å²) in [4.78, 5) is 0. The van der Waals surface area contributed by atoms with Crippen LogP contribution in [0.1, 0.15) is 31.7 Å². The Hall–Kier alpha value is -1.29. The summed E-state index contributed by atoms with van der Waals surface area (Å²) in [6.45, 7) is 3.99. The van der Waals surface area contributed by atoms with Gasteiger partial charge in [0.25, 0.3) is 0 Å². The average molecular weight is 486 g/mol. The van der Waals surface area contributed by atoms with Crippen LogP contribution in [-0.2, 0) is 10.1 Å². The molecule has 25 heavy (non-hydrogen) atoms. The summed E-state index contributed by atoms with van der Waals surface area (Å²) in [5, 5.41) is 0. The van der Waals surface area contributed by atoms with Gasteiger partial charge in [0.2, 0.25) is 0 Å². The van der Waals surface area contributed by atoms with Gasteiger partial charge in [-0.15, -0.1) is 24.0 Å². The van der Waals surface area contributed by atoms with Crippen LogP contribution in [-0.4, -0.2) is 13.9 Å². The van der Waals surface area contributed by atoms with Crippen LogP contribution in [0.3, 0.4) is 0 Å². The van der Waals surface area contributed by atoms with E-state index in [1.165, 1.54) is 12.1 Å². The fourth-order valence-corrected chi connectivity index (χ4v) is 2.80. The molecule has 0 aliphatic rings.